The zero-order valence-electron chi connectivity index (χ0n) is 11.0. The van der Waals surface area contributed by atoms with Crippen LogP contribution in [-0.4, -0.2) is 42.1 Å². The van der Waals surface area contributed by atoms with E-state index in [4.69, 9.17) is 0 Å². The van der Waals surface area contributed by atoms with Crippen molar-refractivity contribution in [2.24, 2.45) is 0 Å². The molecule has 7 nitrogen and oxygen atoms in total. The maximum absolute atomic E-state index is 12.3. The molecule has 19 heavy (non-hydrogen) atoms. The Balaban J connectivity index is 1.77. The predicted molar refractivity (Wildman–Crippen MR) is 67.4 cm³/mol. The third kappa shape index (κ3) is 2.11. The lowest BCUT2D eigenvalue weighted by Crippen LogP contribution is -2.38. The highest BCUT2D eigenvalue weighted by Gasteiger charge is 2.25. The van der Waals surface area contributed by atoms with E-state index in [2.05, 4.69) is 24.7 Å². The summed E-state index contributed by atoms with van der Waals surface area (Å²) in [6, 6.07) is 0. The van der Waals surface area contributed by atoms with Crippen LogP contribution in [0.15, 0.2) is 12.4 Å². The third-order valence-corrected chi connectivity index (χ3v) is 3.27. The largest absolute Gasteiger partial charge is 0.332 e. The standard InChI is InChI=1S/C12H16N6O/c1-8(2)10-14-11(16-15-10)12(19)18-6-5-17-4-3-13-9(17)7-18/h3-4,8H,5-7H2,1-2H3,(H,14,15,16). The second kappa shape index (κ2) is 4.49. The van der Waals surface area contributed by atoms with Gasteiger partial charge in [0.1, 0.15) is 11.6 Å². The fourth-order valence-electron chi connectivity index (χ4n) is 2.12. The molecule has 1 aliphatic rings. The van der Waals surface area contributed by atoms with Gasteiger partial charge in [0.25, 0.3) is 5.91 Å². The van der Waals surface area contributed by atoms with Gasteiger partial charge in [-0.05, 0) is 0 Å². The average Bonchev–Trinajstić information content (AvgIpc) is 3.06. The first-order valence-corrected chi connectivity index (χ1v) is 6.36. The number of nitrogens with zero attached hydrogens (tertiary/aromatic N) is 5. The second-order valence-corrected chi connectivity index (χ2v) is 4.96. The molecule has 0 aliphatic carbocycles. The minimum atomic E-state index is -0.141. The number of carbonyl (C=O) groups is 1. The van der Waals surface area contributed by atoms with Crippen LogP contribution in [0.5, 0.6) is 0 Å². The fraction of sp³-hybridized carbons (Fsp3) is 0.500. The van der Waals surface area contributed by atoms with Crippen LogP contribution in [0.3, 0.4) is 0 Å². The van der Waals surface area contributed by atoms with E-state index in [1.807, 2.05) is 20.0 Å². The summed E-state index contributed by atoms with van der Waals surface area (Å²) in [5, 5.41) is 6.81. The van der Waals surface area contributed by atoms with E-state index in [1.165, 1.54) is 0 Å². The number of rotatable bonds is 2. The van der Waals surface area contributed by atoms with Crippen LogP contribution < -0.4 is 0 Å². The molecule has 2 aromatic rings. The summed E-state index contributed by atoms with van der Waals surface area (Å²) in [5.74, 6) is 1.97. The van der Waals surface area contributed by atoms with Gasteiger partial charge in [0, 0.05) is 31.4 Å². The lowest BCUT2D eigenvalue weighted by Gasteiger charge is -2.26. The van der Waals surface area contributed by atoms with Crippen LogP contribution in [0, 0.1) is 0 Å². The fourth-order valence-corrected chi connectivity index (χ4v) is 2.12. The summed E-state index contributed by atoms with van der Waals surface area (Å²) in [5.41, 5.74) is 0. The smallest absolute Gasteiger partial charge is 0.293 e. The number of imidazole rings is 1. The summed E-state index contributed by atoms with van der Waals surface area (Å²) in [6.45, 7) is 5.95. The van der Waals surface area contributed by atoms with Gasteiger partial charge in [-0.1, -0.05) is 13.8 Å². The molecule has 0 radical (unpaired) electrons. The van der Waals surface area contributed by atoms with Crippen LogP contribution in [-0.2, 0) is 13.1 Å². The highest BCUT2D eigenvalue weighted by Crippen LogP contribution is 2.14. The van der Waals surface area contributed by atoms with Crippen molar-refractivity contribution in [3.63, 3.8) is 0 Å². The molecule has 2 aromatic heterocycles. The van der Waals surface area contributed by atoms with Crippen LogP contribution in [0.25, 0.3) is 0 Å². The van der Waals surface area contributed by atoms with E-state index >= 15 is 0 Å². The van der Waals surface area contributed by atoms with Crippen molar-refractivity contribution in [1.29, 1.82) is 0 Å². The highest BCUT2D eigenvalue weighted by atomic mass is 16.2. The Bertz CT molecular complexity index is 599. The van der Waals surface area contributed by atoms with E-state index in [1.54, 1.807) is 11.1 Å². The summed E-state index contributed by atoms with van der Waals surface area (Å²) in [6.07, 6.45) is 3.69. The quantitative estimate of drug-likeness (QED) is 0.865. The van der Waals surface area contributed by atoms with Crippen molar-refractivity contribution in [2.75, 3.05) is 6.54 Å². The maximum atomic E-state index is 12.3. The molecule has 1 amide bonds. The van der Waals surface area contributed by atoms with Crippen LogP contribution in [0.2, 0.25) is 0 Å². The predicted octanol–water partition coefficient (Wildman–Crippen LogP) is 0.781. The van der Waals surface area contributed by atoms with Crippen molar-refractivity contribution in [3.8, 4) is 0 Å². The Morgan fingerprint density at radius 3 is 3.00 bits per heavy atom. The zero-order chi connectivity index (χ0) is 13.4. The summed E-state index contributed by atoms with van der Waals surface area (Å²) < 4.78 is 2.06. The summed E-state index contributed by atoms with van der Waals surface area (Å²) in [7, 11) is 0. The SMILES string of the molecule is CC(C)c1nc(C(=O)N2CCn3ccnc3C2)n[nH]1. The van der Waals surface area contributed by atoms with Crippen LogP contribution >= 0.6 is 0 Å². The number of nitrogens with one attached hydrogen (secondary N) is 1. The molecular formula is C12H16N6O. The number of hydrogen-bond donors (Lipinski definition) is 1. The average molecular weight is 260 g/mol. The number of fused-ring (bicyclic) bond motifs is 1. The van der Waals surface area contributed by atoms with Gasteiger partial charge in [-0.25, -0.2) is 9.97 Å². The molecule has 3 rings (SSSR count). The Kier molecular flexibility index (Phi) is 2.81. The monoisotopic (exact) mass is 260 g/mol. The lowest BCUT2D eigenvalue weighted by molar-refractivity contribution is 0.0695. The van der Waals surface area contributed by atoms with E-state index in [-0.39, 0.29) is 17.6 Å². The molecule has 0 atom stereocenters. The van der Waals surface area contributed by atoms with Gasteiger partial charge in [0.15, 0.2) is 0 Å². The van der Waals surface area contributed by atoms with E-state index in [0.717, 1.165) is 18.2 Å². The number of aromatic nitrogens is 5. The van der Waals surface area contributed by atoms with Gasteiger partial charge in [-0.15, -0.1) is 5.10 Å². The summed E-state index contributed by atoms with van der Waals surface area (Å²) in [4.78, 5) is 22.5. The van der Waals surface area contributed by atoms with Crippen LogP contribution in [0.1, 0.15) is 42.0 Å². The minimum Gasteiger partial charge on any atom is -0.332 e. The molecule has 1 N–H and O–H groups in total. The number of hydrogen-bond acceptors (Lipinski definition) is 4. The molecule has 0 bridgehead atoms. The molecule has 1 aliphatic heterocycles. The third-order valence-electron chi connectivity index (χ3n) is 3.27. The van der Waals surface area contributed by atoms with Crippen molar-refractivity contribution >= 4 is 5.91 Å². The van der Waals surface area contributed by atoms with E-state index in [9.17, 15) is 4.79 Å². The van der Waals surface area contributed by atoms with Gasteiger partial charge >= 0.3 is 0 Å². The second-order valence-electron chi connectivity index (χ2n) is 4.96. The van der Waals surface area contributed by atoms with Gasteiger partial charge < -0.3 is 9.47 Å². The van der Waals surface area contributed by atoms with Gasteiger partial charge in [-0.3, -0.25) is 9.89 Å². The molecule has 0 spiro atoms. The Morgan fingerprint density at radius 2 is 2.26 bits per heavy atom. The lowest BCUT2D eigenvalue weighted by atomic mass is 10.2. The zero-order valence-corrected chi connectivity index (χ0v) is 11.0. The number of H-pyrrole nitrogens is 1. The van der Waals surface area contributed by atoms with Gasteiger partial charge in [0.2, 0.25) is 5.82 Å². The van der Waals surface area contributed by atoms with Crippen molar-refractivity contribution < 1.29 is 4.79 Å². The van der Waals surface area contributed by atoms with E-state index < -0.39 is 0 Å². The topological polar surface area (TPSA) is 79.7 Å². The molecular weight excluding hydrogens is 244 g/mol. The van der Waals surface area contributed by atoms with Gasteiger partial charge in [-0.2, -0.15) is 0 Å². The molecule has 7 heteroatoms. The van der Waals surface area contributed by atoms with Gasteiger partial charge in [0.05, 0.1) is 6.54 Å². The Hall–Kier alpha value is -2.18. The highest BCUT2D eigenvalue weighted by molar-refractivity contribution is 5.90. The molecule has 0 saturated heterocycles. The summed E-state index contributed by atoms with van der Waals surface area (Å²) >= 11 is 0. The number of aromatic amines is 1. The van der Waals surface area contributed by atoms with Crippen molar-refractivity contribution in [3.05, 3.63) is 29.9 Å². The molecule has 0 unspecified atom stereocenters. The molecule has 0 aromatic carbocycles. The van der Waals surface area contributed by atoms with Crippen LogP contribution in [0.4, 0.5) is 0 Å². The first kappa shape index (κ1) is 11.9. The van der Waals surface area contributed by atoms with E-state index in [0.29, 0.717) is 13.1 Å². The van der Waals surface area contributed by atoms with Crippen molar-refractivity contribution in [1.82, 2.24) is 29.6 Å². The normalized spacial score (nSPS) is 14.8. The first-order valence-electron chi connectivity index (χ1n) is 6.36. The molecule has 0 fully saturated rings. The first-order chi connectivity index (χ1) is 9.15. The Morgan fingerprint density at radius 1 is 1.42 bits per heavy atom. The minimum absolute atomic E-state index is 0.141. The number of amides is 1. The van der Waals surface area contributed by atoms with Crippen molar-refractivity contribution in [2.45, 2.75) is 32.9 Å². The molecule has 3 heterocycles. The Labute approximate surface area is 110 Å². The molecule has 100 valence electrons. The molecule has 0 saturated carbocycles. The number of carbonyl (C=O) groups excluding carboxylic acids is 1. The maximum Gasteiger partial charge on any atom is 0.293 e.